The molecule has 1 N–H and O–H groups in total. The summed E-state index contributed by atoms with van der Waals surface area (Å²) in [4.78, 5) is 22.2. The second-order valence-corrected chi connectivity index (χ2v) is 4.12. The highest BCUT2D eigenvalue weighted by atomic mass is 79.9. The molecule has 0 aromatic heterocycles. The van der Waals surface area contributed by atoms with Crippen LogP contribution in [0.15, 0.2) is 21.3 Å². The molecule has 0 aromatic rings. The normalized spacial score (nSPS) is 27.2. The number of rotatable bonds is 0. The predicted octanol–water partition coefficient (Wildman–Crippen LogP) is 1.43. The summed E-state index contributed by atoms with van der Waals surface area (Å²) in [6.45, 7) is 0. The fourth-order valence-corrected chi connectivity index (χ4v) is 2.09. The summed E-state index contributed by atoms with van der Waals surface area (Å²) in [5, 5.41) is 2.90. The highest BCUT2D eigenvalue weighted by molar-refractivity contribution is 9.12. The van der Waals surface area contributed by atoms with E-state index in [0.717, 1.165) is 4.48 Å². The first-order valence-electron chi connectivity index (χ1n) is 3.72. The molecule has 0 radical (unpaired) electrons. The zero-order valence-corrected chi connectivity index (χ0v) is 8.78. The van der Waals surface area contributed by atoms with Gasteiger partial charge in [-0.3, -0.25) is 9.59 Å². The van der Waals surface area contributed by atoms with Gasteiger partial charge in [0.25, 0.3) is 5.91 Å². The molecule has 2 rings (SSSR count). The van der Waals surface area contributed by atoms with E-state index in [2.05, 4.69) is 21.2 Å². The minimum absolute atomic E-state index is 0.388. The van der Waals surface area contributed by atoms with Crippen molar-refractivity contribution < 1.29 is 9.59 Å². The van der Waals surface area contributed by atoms with E-state index in [1.165, 1.54) is 0 Å². The summed E-state index contributed by atoms with van der Waals surface area (Å²) in [5.41, 5.74) is 0.533. The molecule has 2 aliphatic rings. The lowest BCUT2D eigenvalue weighted by molar-refractivity contribution is -0.136. The van der Waals surface area contributed by atoms with Crippen LogP contribution in [0.3, 0.4) is 0 Å². The van der Waals surface area contributed by atoms with Gasteiger partial charge in [-0.05, 0) is 22.4 Å². The lowest BCUT2D eigenvalue weighted by Crippen LogP contribution is -2.18. The van der Waals surface area contributed by atoms with Crippen LogP contribution in [0.1, 0.15) is 6.42 Å². The minimum Gasteiger partial charge on any atom is -0.321 e. The fraction of sp³-hybridized carbons (Fsp3) is 0.250. The largest absolute Gasteiger partial charge is 0.321 e. The van der Waals surface area contributed by atoms with Crippen molar-refractivity contribution in [3.63, 3.8) is 0 Å². The Kier molecular flexibility index (Phi) is 2.04. The number of hydrogen-bond donors (Lipinski definition) is 1. The van der Waals surface area contributed by atoms with E-state index in [1.54, 1.807) is 6.08 Å². The molecule has 1 heterocycles. The smallest absolute Gasteiger partial charge is 0.292 e. The predicted molar refractivity (Wildman–Crippen MR) is 51.1 cm³/mol. The van der Waals surface area contributed by atoms with E-state index >= 15 is 0 Å². The molecule has 0 saturated carbocycles. The average Bonchev–Trinajstić information content (AvgIpc) is 2.38. The molecule has 13 heavy (non-hydrogen) atoms. The van der Waals surface area contributed by atoms with Crippen LogP contribution in [0.4, 0.5) is 0 Å². The van der Waals surface area contributed by atoms with Crippen LogP contribution in [0.25, 0.3) is 0 Å². The molecule has 0 spiro atoms. The van der Waals surface area contributed by atoms with Gasteiger partial charge in [0.1, 0.15) is 0 Å². The number of hydrogen-bond acceptors (Lipinski definition) is 2. The van der Waals surface area contributed by atoms with Crippen molar-refractivity contribution >= 4 is 39.2 Å². The number of carbonyl (C=O) groups is 2. The Morgan fingerprint density at radius 3 is 2.92 bits per heavy atom. The van der Waals surface area contributed by atoms with Crippen LogP contribution >= 0.6 is 27.5 Å². The third-order valence-electron chi connectivity index (χ3n) is 2.12. The molecule has 0 bridgehead atoms. The Morgan fingerprint density at radius 1 is 1.54 bits per heavy atom. The number of nitrogens with one attached hydrogen (secondary N) is 1. The highest BCUT2D eigenvalue weighted by Gasteiger charge is 2.39. The number of fused-ring (bicyclic) bond motifs is 1. The standard InChI is InChI=1S/C8H5BrClNO2/c9-4-2-1-3-6(5(4)10)11-8(13)7(3)12/h2-3H,1H2,(H,11,13). The van der Waals surface area contributed by atoms with Gasteiger partial charge >= 0.3 is 0 Å². The summed E-state index contributed by atoms with van der Waals surface area (Å²) >= 11 is 9.13. The first-order chi connectivity index (χ1) is 6.11. The molecule has 3 nitrogen and oxygen atoms in total. The monoisotopic (exact) mass is 261 g/mol. The Balaban J connectivity index is 2.47. The van der Waals surface area contributed by atoms with E-state index in [0.29, 0.717) is 17.2 Å². The van der Waals surface area contributed by atoms with Crippen LogP contribution in [0.2, 0.25) is 0 Å². The van der Waals surface area contributed by atoms with Gasteiger partial charge in [-0.2, -0.15) is 0 Å². The highest BCUT2D eigenvalue weighted by Crippen LogP contribution is 2.36. The zero-order valence-electron chi connectivity index (χ0n) is 6.43. The second-order valence-electron chi connectivity index (χ2n) is 2.89. The van der Waals surface area contributed by atoms with Crippen molar-refractivity contribution in [1.82, 2.24) is 5.32 Å². The third kappa shape index (κ3) is 1.25. The van der Waals surface area contributed by atoms with Crippen LogP contribution in [0, 0.1) is 5.92 Å². The minimum atomic E-state index is -0.561. The maximum atomic E-state index is 11.2. The van der Waals surface area contributed by atoms with E-state index < -0.39 is 11.7 Å². The van der Waals surface area contributed by atoms with Crippen LogP contribution in [-0.2, 0) is 9.59 Å². The van der Waals surface area contributed by atoms with Crippen LogP contribution < -0.4 is 5.32 Å². The van der Waals surface area contributed by atoms with Gasteiger partial charge in [0.15, 0.2) is 0 Å². The molecule has 1 amide bonds. The maximum absolute atomic E-state index is 11.2. The number of allylic oxidation sites excluding steroid dienone is 4. The molecular weight excluding hydrogens is 257 g/mol. The van der Waals surface area contributed by atoms with Crippen LogP contribution in [-0.4, -0.2) is 11.7 Å². The Morgan fingerprint density at radius 2 is 2.23 bits per heavy atom. The van der Waals surface area contributed by atoms with Gasteiger partial charge in [0.2, 0.25) is 5.78 Å². The fourth-order valence-electron chi connectivity index (χ4n) is 1.43. The van der Waals surface area contributed by atoms with E-state index in [9.17, 15) is 9.59 Å². The number of amides is 1. The SMILES string of the molecule is O=C1NC2=C(Cl)C(Br)=CCC2C1=O. The van der Waals surface area contributed by atoms with Crippen molar-refractivity contribution in [2.24, 2.45) is 5.92 Å². The van der Waals surface area contributed by atoms with Crippen molar-refractivity contribution in [1.29, 1.82) is 0 Å². The maximum Gasteiger partial charge on any atom is 0.292 e. The Hall–Kier alpha value is -0.610. The number of halogens is 2. The summed E-state index contributed by atoms with van der Waals surface area (Å²) in [6.07, 6.45) is 2.33. The summed E-state index contributed by atoms with van der Waals surface area (Å²) in [7, 11) is 0. The molecule has 5 heteroatoms. The first-order valence-corrected chi connectivity index (χ1v) is 4.89. The molecule has 1 aliphatic heterocycles. The van der Waals surface area contributed by atoms with Crippen molar-refractivity contribution in [3.05, 3.63) is 21.3 Å². The van der Waals surface area contributed by atoms with Gasteiger partial charge in [0, 0.05) is 10.2 Å². The molecule has 1 fully saturated rings. The summed E-state index contributed by atoms with van der Waals surface area (Å²) in [5.74, 6) is -1.35. The van der Waals surface area contributed by atoms with Crippen molar-refractivity contribution in [2.45, 2.75) is 6.42 Å². The number of Topliss-reactive ketones (excluding diaryl/α,β-unsaturated/α-hetero) is 1. The molecule has 1 saturated heterocycles. The molecule has 0 aromatic carbocycles. The average molecular weight is 262 g/mol. The summed E-state index contributed by atoms with van der Waals surface area (Å²) < 4.78 is 0.732. The summed E-state index contributed by atoms with van der Waals surface area (Å²) in [6, 6.07) is 0. The van der Waals surface area contributed by atoms with E-state index in [1.807, 2.05) is 0 Å². The molecule has 1 unspecified atom stereocenters. The van der Waals surface area contributed by atoms with Crippen LogP contribution in [0.5, 0.6) is 0 Å². The van der Waals surface area contributed by atoms with Crippen molar-refractivity contribution in [3.8, 4) is 0 Å². The topological polar surface area (TPSA) is 46.2 Å². The lowest BCUT2D eigenvalue weighted by Gasteiger charge is -2.14. The number of ketones is 1. The van der Waals surface area contributed by atoms with Gasteiger partial charge in [-0.25, -0.2) is 0 Å². The molecule has 1 aliphatic carbocycles. The number of carbonyl (C=O) groups excluding carboxylic acids is 2. The first kappa shape index (κ1) is 8.97. The zero-order chi connectivity index (χ0) is 9.59. The third-order valence-corrected chi connectivity index (χ3v) is 3.47. The van der Waals surface area contributed by atoms with Gasteiger partial charge in [-0.1, -0.05) is 17.7 Å². The van der Waals surface area contributed by atoms with Crippen molar-refractivity contribution in [2.75, 3.05) is 0 Å². The molecule has 68 valence electrons. The van der Waals surface area contributed by atoms with E-state index in [-0.39, 0.29) is 5.92 Å². The van der Waals surface area contributed by atoms with Gasteiger partial charge < -0.3 is 5.32 Å². The second kappa shape index (κ2) is 2.96. The Labute approximate surface area is 87.9 Å². The van der Waals surface area contributed by atoms with E-state index in [4.69, 9.17) is 11.6 Å². The van der Waals surface area contributed by atoms with Gasteiger partial charge in [-0.15, -0.1) is 0 Å². The molecular formula is C8H5BrClNO2. The molecule has 1 atom stereocenters. The Bertz CT molecular complexity index is 372. The lowest BCUT2D eigenvalue weighted by atomic mass is 9.96. The van der Waals surface area contributed by atoms with Gasteiger partial charge in [0.05, 0.1) is 11.0 Å². The quantitative estimate of drug-likeness (QED) is 0.671.